The van der Waals surface area contributed by atoms with E-state index in [0.717, 1.165) is 0 Å². The molecule has 0 aromatic heterocycles. The van der Waals surface area contributed by atoms with Crippen LogP contribution >= 0.6 is 0 Å². The number of halogens is 24. The van der Waals surface area contributed by atoms with Crippen LogP contribution in [0.5, 0.6) is 0 Å². The maximum atomic E-state index is 15.6. The zero-order valence-electron chi connectivity index (χ0n) is 20.2. The molecule has 2 bridgehead atoms. The third kappa shape index (κ3) is 4.74. The zero-order chi connectivity index (χ0) is 36.3. The van der Waals surface area contributed by atoms with E-state index in [1.54, 1.807) is 0 Å². The summed E-state index contributed by atoms with van der Waals surface area (Å²) in [5.74, 6) is -23.2. The molecule has 0 aromatic rings. The van der Waals surface area contributed by atoms with Crippen molar-refractivity contribution in [2.45, 2.75) is 90.4 Å². The van der Waals surface area contributed by atoms with Crippen LogP contribution in [0.4, 0.5) is 105 Å². The Labute approximate surface area is 230 Å². The first kappa shape index (κ1) is 39.2. The minimum atomic E-state index is -9.99. The Morgan fingerprint density at radius 2 is 0.800 bits per heavy atom. The molecule has 0 amide bonds. The Morgan fingerprint density at radius 1 is 0.444 bits per heavy atom. The van der Waals surface area contributed by atoms with Gasteiger partial charge in [-0.15, -0.1) is 0 Å². The minimum absolute atomic E-state index is 0.271. The van der Waals surface area contributed by atoms with Crippen molar-refractivity contribution in [2.75, 3.05) is 0 Å². The molecule has 0 aromatic carbocycles. The molecule has 2 aliphatic rings. The summed E-state index contributed by atoms with van der Waals surface area (Å²) < 4.78 is 340. The van der Waals surface area contributed by atoms with Crippen molar-refractivity contribution in [1.82, 2.24) is 0 Å². The number of hydrogen-bond donors (Lipinski definition) is 1. The second-order valence-corrected chi connectivity index (χ2v) is 9.78. The van der Waals surface area contributed by atoms with Crippen molar-refractivity contribution in [1.29, 1.82) is 0 Å². The van der Waals surface area contributed by atoms with Crippen molar-refractivity contribution in [3.8, 4) is 0 Å². The van der Waals surface area contributed by atoms with Crippen LogP contribution < -0.4 is 0 Å². The third-order valence-electron chi connectivity index (χ3n) is 7.21. The lowest BCUT2D eigenvalue weighted by molar-refractivity contribution is -0.541. The van der Waals surface area contributed by atoms with Gasteiger partial charge in [-0.05, 0) is 18.8 Å². The van der Waals surface area contributed by atoms with Gasteiger partial charge in [0, 0.05) is 5.92 Å². The lowest BCUT2D eigenvalue weighted by Gasteiger charge is -2.61. The SMILES string of the molecule is OC(C(F)(F)C(F)(F)F)(C(F)(C(F)(F)F)C(F)(F)F)C(OC1CC2C=CC1C2)(C(F)(F)C(F)(F)F)C(F)(C(F)(F)F)C(F)(F)F. The first-order chi connectivity index (χ1) is 19.3. The van der Waals surface area contributed by atoms with Gasteiger partial charge in [-0.3, -0.25) is 0 Å². The smallest absolute Gasteiger partial charge is 0.377 e. The van der Waals surface area contributed by atoms with E-state index in [1.807, 2.05) is 0 Å². The Kier molecular flexibility index (Phi) is 8.70. The Bertz CT molecular complexity index is 1110. The number of allylic oxidation sites excluding steroid dienone is 1. The molecule has 0 saturated heterocycles. The quantitative estimate of drug-likeness (QED) is 0.211. The first-order valence-electron chi connectivity index (χ1n) is 10.9. The summed E-state index contributed by atoms with van der Waals surface area (Å²) in [6.45, 7) is 0. The highest BCUT2D eigenvalue weighted by Gasteiger charge is 3.07. The Balaban J connectivity index is 3.67. The van der Waals surface area contributed by atoms with Crippen LogP contribution in [0.25, 0.3) is 0 Å². The van der Waals surface area contributed by atoms with Gasteiger partial charge in [0.15, 0.2) is 0 Å². The Hall–Kier alpha value is -2.02. The molecule has 1 saturated carbocycles. The summed E-state index contributed by atoms with van der Waals surface area (Å²) >= 11 is 0. The predicted molar refractivity (Wildman–Crippen MR) is 91.8 cm³/mol. The normalized spacial score (nSPS) is 25.8. The molecule has 0 radical (unpaired) electrons. The number of rotatable bonds is 7. The summed E-state index contributed by atoms with van der Waals surface area (Å²) in [5.41, 5.74) is -39.2. The molecule has 2 nitrogen and oxygen atoms in total. The number of ether oxygens (including phenoxy) is 1. The van der Waals surface area contributed by atoms with Gasteiger partial charge in [0.05, 0.1) is 6.10 Å². The van der Waals surface area contributed by atoms with E-state index in [-0.39, 0.29) is 6.08 Å². The third-order valence-corrected chi connectivity index (χ3v) is 7.21. The van der Waals surface area contributed by atoms with Gasteiger partial charge >= 0.3 is 60.2 Å². The molecule has 1 fully saturated rings. The molecule has 2 rings (SSSR count). The predicted octanol–water partition coefficient (Wildman–Crippen LogP) is 8.50. The molecule has 266 valence electrons. The molecular weight excluding hydrogens is 716 g/mol. The lowest BCUT2D eigenvalue weighted by atomic mass is 9.57. The second-order valence-electron chi connectivity index (χ2n) is 9.78. The topological polar surface area (TPSA) is 29.5 Å². The fourth-order valence-corrected chi connectivity index (χ4v) is 5.24. The summed E-state index contributed by atoms with van der Waals surface area (Å²) in [5, 5.41) is 9.92. The molecule has 5 atom stereocenters. The highest BCUT2D eigenvalue weighted by Crippen LogP contribution is 2.74. The average molecular weight is 726 g/mol. The number of aliphatic hydroxyl groups is 1. The van der Waals surface area contributed by atoms with Gasteiger partial charge in [0.25, 0.3) is 0 Å². The van der Waals surface area contributed by atoms with Gasteiger partial charge in [-0.1, -0.05) is 12.2 Å². The van der Waals surface area contributed by atoms with Gasteiger partial charge in [-0.2, -0.15) is 96.6 Å². The van der Waals surface area contributed by atoms with E-state index in [0.29, 0.717) is 6.08 Å². The number of alkyl halides is 24. The second kappa shape index (κ2) is 10.00. The molecule has 26 heteroatoms. The molecule has 1 N–H and O–H groups in total. The summed E-state index contributed by atoms with van der Waals surface area (Å²) in [6.07, 6.45) is -59.9. The molecule has 0 aliphatic heterocycles. The van der Waals surface area contributed by atoms with E-state index >= 15 is 17.6 Å². The van der Waals surface area contributed by atoms with Crippen LogP contribution in [0.1, 0.15) is 12.8 Å². The number of hydrogen-bond acceptors (Lipinski definition) is 2. The van der Waals surface area contributed by atoms with Crippen molar-refractivity contribution in [3.05, 3.63) is 12.2 Å². The molecular formula is C19H10F24O2. The maximum absolute atomic E-state index is 15.6. The van der Waals surface area contributed by atoms with Crippen LogP contribution in [0, 0.1) is 11.8 Å². The minimum Gasteiger partial charge on any atom is -0.377 e. The number of fused-ring (bicyclic) bond motifs is 2. The van der Waals surface area contributed by atoms with Crippen molar-refractivity contribution >= 4 is 0 Å². The molecule has 5 unspecified atom stereocenters. The van der Waals surface area contributed by atoms with Gasteiger partial charge in [-0.25, -0.2) is 8.78 Å². The summed E-state index contributed by atoms with van der Waals surface area (Å²) in [6, 6.07) is 0. The average Bonchev–Trinajstić information content (AvgIpc) is 3.39. The summed E-state index contributed by atoms with van der Waals surface area (Å²) in [4.78, 5) is 0. The maximum Gasteiger partial charge on any atom is 0.456 e. The van der Waals surface area contributed by atoms with E-state index in [9.17, 15) is 92.9 Å². The van der Waals surface area contributed by atoms with Gasteiger partial charge in [0.2, 0.25) is 11.2 Å². The van der Waals surface area contributed by atoms with E-state index in [1.165, 1.54) is 0 Å². The van der Waals surface area contributed by atoms with Crippen LogP contribution in [0.3, 0.4) is 0 Å². The molecule has 0 heterocycles. The van der Waals surface area contributed by atoms with Crippen LogP contribution in [-0.4, -0.2) is 82.7 Å². The lowest BCUT2D eigenvalue weighted by Crippen LogP contribution is -2.95. The van der Waals surface area contributed by atoms with Crippen molar-refractivity contribution in [3.63, 3.8) is 0 Å². The van der Waals surface area contributed by atoms with Gasteiger partial charge in [0.1, 0.15) is 0 Å². The van der Waals surface area contributed by atoms with Crippen molar-refractivity contribution in [2.24, 2.45) is 11.8 Å². The van der Waals surface area contributed by atoms with Crippen LogP contribution in [0.2, 0.25) is 0 Å². The van der Waals surface area contributed by atoms with Crippen LogP contribution in [-0.2, 0) is 4.74 Å². The highest BCUT2D eigenvalue weighted by atomic mass is 19.5. The van der Waals surface area contributed by atoms with Gasteiger partial charge < -0.3 is 9.84 Å². The Morgan fingerprint density at radius 3 is 1.04 bits per heavy atom. The standard InChI is InChI=1S/C19H10F24O2/c20-8(14(26,27)28,15(29,30)31)10(44,12(22,23)18(38,39)40)11(13(24,25)19(41,42)43,9(21,16(32,33)34)17(35,36)37)45-7-4-5-1-2-6(7)3-5/h1-2,5-7,44H,3-4H2. The summed E-state index contributed by atoms with van der Waals surface area (Å²) in [7, 11) is 0. The van der Waals surface area contributed by atoms with E-state index in [2.05, 4.69) is 4.74 Å². The molecule has 2 aliphatic carbocycles. The fourth-order valence-electron chi connectivity index (χ4n) is 5.24. The van der Waals surface area contributed by atoms with E-state index < -0.39 is 102 Å². The molecule has 0 spiro atoms. The first-order valence-corrected chi connectivity index (χ1v) is 10.9. The van der Waals surface area contributed by atoms with Crippen molar-refractivity contribution < 1.29 is 115 Å². The fraction of sp³-hybridized carbons (Fsp3) is 0.895. The monoisotopic (exact) mass is 726 g/mol. The van der Waals surface area contributed by atoms with E-state index in [4.69, 9.17) is 0 Å². The largest absolute Gasteiger partial charge is 0.456 e. The zero-order valence-corrected chi connectivity index (χ0v) is 20.2. The van der Waals surface area contributed by atoms with Crippen LogP contribution in [0.15, 0.2) is 12.2 Å². The molecule has 45 heavy (non-hydrogen) atoms. The highest BCUT2D eigenvalue weighted by molar-refractivity contribution is 5.37.